The lowest BCUT2D eigenvalue weighted by Crippen LogP contribution is -2.43. The average Bonchev–Trinajstić information content (AvgIpc) is 3.59. The van der Waals surface area contributed by atoms with Gasteiger partial charge in [-0.05, 0) is 74.6 Å². The predicted molar refractivity (Wildman–Crippen MR) is 113 cm³/mol. The minimum Gasteiger partial charge on any atom is -0.376 e. The Labute approximate surface area is 180 Å². The van der Waals surface area contributed by atoms with Gasteiger partial charge in [0.25, 0.3) is 5.91 Å². The Morgan fingerprint density at radius 1 is 0.871 bits per heavy atom. The van der Waals surface area contributed by atoms with Gasteiger partial charge in [-0.15, -0.1) is 0 Å². The summed E-state index contributed by atoms with van der Waals surface area (Å²) in [5, 5.41) is 9.86. The van der Waals surface area contributed by atoms with Gasteiger partial charge in [-0.1, -0.05) is 42.5 Å². The van der Waals surface area contributed by atoms with E-state index in [0.29, 0.717) is 11.5 Å². The fourth-order valence-electron chi connectivity index (χ4n) is 4.65. The Morgan fingerprint density at radius 2 is 1.39 bits per heavy atom. The van der Waals surface area contributed by atoms with Crippen LogP contribution in [0, 0.1) is 0 Å². The van der Waals surface area contributed by atoms with Crippen LogP contribution in [0.4, 0.5) is 13.2 Å². The first-order chi connectivity index (χ1) is 14.7. The van der Waals surface area contributed by atoms with Crippen LogP contribution in [0.25, 0.3) is 0 Å². The summed E-state index contributed by atoms with van der Waals surface area (Å²) in [6.45, 7) is 0.728. The first-order valence-electron chi connectivity index (χ1n) is 11.0. The second-order valence-corrected chi connectivity index (χ2v) is 9.01. The number of nitrogens with zero attached hydrogens (tertiary/aromatic N) is 1. The van der Waals surface area contributed by atoms with Crippen LogP contribution in [0.3, 0.4) is 0 Å². The van der Waals surface area contributed by atoms with Crippen molar-refractivity contribution in [1.29, 1.82) is 0 Å². The van der Waals surface area contributed by atoms with E-state index in [9.17, 15) is 23.1 Å². The number of benzene rings is 2. The van der Waals surface area contributed by atoms with Gasteiger partial charge < -0.3 is 10.0 Å². The number of halogens is 3. The zero-order valence-corrected chi connectivity index (χ0v) is 17.6. The Balaban J connectivity index is 1.46. The van der Waals surface area contributed by atoms with Gasteiger partial charge in [-0.3, -0.25) is 4.79 Å². The largest absolute Gasteiger partial charge is 0.421 e. The molecule has 2 saturated carbocycles. The summed E-state index contributed by atoms with van der Waals surface area (Å²) in [5.41, 5.74) is -1.49. The molecule has 1 N–H and O–H groups in total. The van der Waals surface area contributed by atoms with Crippen molar-refractivity contribution in [2.24, 2.45) is 0 Å². The Kier molecular flexibility index (Phi) is 5.86. The summed E-state index contributed by atoms with van der Waals surface area (Å²) in [7, 11) is 0. The number of hydrogen-bond acceptors (Lipinski definition) is 2. The molecule has 1 amide bonds. The van der Waals surface area contributed by atoms with Gasteiger partial charge in [0.05, 0.1) is 0 Å². The third kappa shape index (κ3) is 4.49. The summed E-state index contributed by atoms with van der Waals surface area (Å²) in [5.74, 6) is 0.390. The molecule has 0 aliphatic heterocycles. The fourth-order valence-corrected chi connectivity index (χ4v) is 4.65. The quantitative estimate of drug-likeness (QED) is 0.651. The van der Waals surface area contributed by atoms with Crippen LogP contribution in [-0.4, -0.2) is 34.2 Å². The van der Waals surface area contributed by atoms with E-state index >= 15 is 0 Å². The Hall–Kier alpha value is -2.34. The molecule has 2 aromatic carbocycles. The molecule has 2 aromatic rings. The monoisotopic (exact) mass is 431 g/mol. The molecule has 4 rings (SSSR count). The molecule has 166 valence electrons. The minimum absolute atomic E-state index is 0.121. The van der Waals surface area contributed by atoms with E-state index in [1.54, 1.807) is 0 Å². The molecule has 31 heavy (non-hydrogen) atoms. The highest BCUT2D eigenvalue weighted by Gasteiger charge is 2.51. The number of carbonyl (C=O) groups excluding carboxylic acids is 1. The molecule has 2 aliphatic carbocycles. The molecule has 2 fully saturated rings. The number of rotatable bonds is 5. The molecular weight excluding hydrogens is 403 g/mol. The first-order valence-corrected chi connectivity index (χ1v) is 11.0. The van der Waals surface area contributed by atoms with Crippen molar-refractivity contribution in [1.82, 2.24) is 4.90 Å². The van der Waals surface area contributed by atoms with Gasteiger partial charge in [0.15, 0.2) is 5.60 Å². The lowest BCUT2D eigenvalue weighted by molar-refractivity contribution is -0.258. The second kappa shape index (κ2) is 8.30. The van der Waals surface area contributed by atoms with Crippen LogP contribution >= 0.6 is 0 Å². The molecule has 0 radical (unpaired) electrons. The Morgan fingerprint density at radius 3 is 1.87 bits per heavy atom. The molecule has 0 saturated heterocycles. The van der Waals surface area contributed by atoms with Crippen LogP contribution in [0.1, 0.15) is 72.9 Å². The van der Waals surface area contributed by atoms with E-state index in [2.05, 4.69) is 24.3 Å². The normalized spacial score (nSPS) is 23.8. The maximum absolute atomic E-state index is 13.3. The van der Waals surface area contributed by atoms with Gasteiger partial charge >= 0.3 is 6.18 Å². The molecule has 0 aromatic heterocycles. The van der Waals surface area contributed by atoms with Crippen LogP contribution in [0.2, 0.25) is 0 Å². The van der Waals surface area contributed by atoms with Gasteiger partial charge in [0, 0.05) is 17.6 Å². The standard InChI is InChI=1S/C25H28F3NO2/c1-24(31,25(26,27)28)20-11-7-19(8-12-20)23(30)29(22-15-16-22)21-13-9-18(10-14-21)17-5-3-2-4-6-17/h2-8,11-12,18,21-22,31H,9-10,13-16H2,1H3. The van der Waals surface area contributed by atoms with Crippen molar-refractivity contribution in [2.45, 2.75) is 75.2 Å². The smallest absolute Gasteiger partial charge is 0.376 e. The van der Waals surface area contributed by atoms with Gasteiger partial charge in [-0.2, -0.15) is 13.2 Å². The Bertz CT molecular complexity index is 897. The maximum atomic E-state index is 13.3. The zero-order chi connectivity index (χ0) is 22.2. The van der Waals surface area contributed by atoms with Gasteiger partial charge in [0.1, 0.15) is 0 Å². The molecule has 1 atom stereocenters. The van der Waals surface area contributed by atoms with Crippen molar-refractivity contribution in [3.05, 3.63) is 71.3 Å². The lowest BCUT2D eigenvalue weighted by Gasteiger charge is -2.37. The molecule has 1 unspecified atom stereocenters. The topological polar surface area (TPSA) is 40.5 Å². The number of aliphatic hydroxyl groups is 1. The van der Waals surface area contributed by atoms with Gasteiger partial charge in [0.2, 0.25) is 0 Å². The number of alkyl halides is 3. The molecule has 0 bridgehead atoms. The number of amides is 1. The highest BCUT2D eigenvalue weighted by atomic mass is 19.4. The summed E-state index contributed by atoms with van der Waals surface area (Å²) in [4.78, 5) is 15.2. The van der Waals surface area contributed by atoms with Gasteiger partial charge in [-0.25, -0.2) is 0 Å². The minimum atomic E-state index is -4.78. The molecule has 3 nitrogen and oxygen atoms in total. The average molecular weight is 431 g/mol. The molecule has 2 aliphatic rings. The van der Waals surface area contributed by atoms with E-state index in [1.165, 1.54) is 29.8 Å². The predicted octanol–water partition coefficient (Wildman–Crippen LogP) is 5.79. The van der Waals surface area contributed by atoms with Crippen molar-refractivity contribution in [3.63, 3.8) is 0 Å². The maximum Gasteiger partial charge on any atom is 0.421 e. The molecular formula is C25H28F3NO2. The van der Waals surface area contributed by atoms with Crippen molar-refractivity contribution in [2.75, 3.05) is 0 Å². The van der Waals surface area contributed by atoms with Crippen molar-refractivity contribution in [3.8, 4) is 0 Å². The molecule has 6 heteroatoms. The molecule has 0 heterocycles. The molecule has 0 spiro atoms. The van der Waals surface area contributed by atoms with Crippen molar-refractivity contribution >= 4 is 5.91 Å². The summed E-state index contributed by atoms with van der Waals surface area (Å²) >= 11 is 0. The zero-order valence-electron chi connectivity index (χ0n) is 17.6. The highest BCUT2D eigenvalue weighted by molar-refractivity contribution is 5.95. The fraction of sp³-hybridized carbons (Fsp3) is 0.480. The van der Waals surface area contributed by atoms with Crippen LogP contribution in [0.15, 0.2) is 54.6 Å². The first kappa shape index (κ1) is 21.9. The lowest BCUT2D eigenvalue weighted by atomic mass is 9.81. The second-order valence-electron chi connectivity index (χ2n) is 9.01. The van der Waals surface area contributed by atoms with E-state index in [1.807, 2.05) is 11.0 Å². The highest BCUT2D eigenvalue weighted by Crippen LogP contribution is 2.41. The van der Waals surface area contributed by atoms with E-state index in [4.69, 9.17) is 0 Å². The van der Waals surface area contributed by atoms with Crippen molar-refractivity contribution < 1.29 is 23.1 Å². The van der Waals surface area contributed by atoms with E-state index in [-0.39, 0.29) is 23.6 Å². The third-order valence-corrected chi connectivity index (χ3v) is 6.78. The van der Waals surface area contributed by atoms with E-state index in [0.717, 1.165) is 45.4 Å². The van der Waals surface area contributed by atoms with Crippen LogP contribution < -0.4 is 0 Å². The SMILES string of the molecule is CC(O)(c1ccc(C(=O)N(C2CCC(c3ccccc3)CC2)C2CC2)cc1)C(F)(F)F. The van der Waals surface area contributed by atoms with Crippen LogP contribution in [0.5, 0.6) is 0 Å². The number of carbonyl (C=O) groups is 1. The van der Waals surface area contributed by atoms with Crippen LogP contribution in [-0.2, 0) is 5.60 Å². The summed E-state index contributed by atoms with van der Waals surface area (Å²) < 4.78 is 39.3. The van der Waals surface area contributed by atoms with E-state index < -0.39 is 11.8 Å². The summed E-state index contributed by atoms with van der Waals surface area (Å²) in [6.07, 6.45) is 1.09. The summed E-state index contributed by atoms with van der Waals surface area (Å²) in [6, 6.07) is 16.1. The third-order valence-electron chi connectivity index (χ3n) is 6.78. The number of hydrogen-bond donors (Lipinski definition) is 1.